The highest BCUT2D eigenvalue weighted by Crippen LogP contribution is 2.39. The van der Waals surface area contributed by atoms with Gasteiger partial charge in [0.2, 0.25) is 5.91 Å². The highest BCUT2D eigenvalue weighted by atomic mass is 32.1. The normalized spacial score (nSPS) is 15.9. The minimum atomic E-state index is -0.201. The van der Waals surface area contributed by atoms with Crippen LogP contribution in [0.5, 0.6) is 0 Å². The second kappa shape index (κ2) is 7.18. The van der Waals surface area contributed by atoms with E-state index in [-0.39, 0.29) is 17.1 Å². The van der Waals surface area contributed by atoms with E-state index in [0.29, 0.717) is 13.1 Å². The number of amides is 1. The molecule has 1 amide bonds. The highest BCUT2D eigenvalue weighted by Gasteiger charge is 2.31. The van der Waals surface area contributed by atoms with Gasteiger partial charge in [-0.25, -0.2) is 0 Å². The summed E-state index contributed by atoms with van der Waals surface area (Å²) >= 11 is 1.13. The molecule has 5 rings (SSSR count). The van der Waals surface area contributed by atoms with E-state index in [9.17, 15) is 9.18 Å². The van der Waals surface area contributed by atoms with E-state index >= 15 is 0 Å². The van der Waals surface area contributed by atoms with Crippen molar-refractivity contribution < 1.29 is 9.18 Å². The molecule has 150 valence electrons. The lowest BCUT2D eigenvalue weighted by Gasteiger charge is -2.33. The fourth-order valence-corrected chi connectivity index (χ4v) is 4.88. The first-order chi connectivity index (χ1) is 14.5. The Morgan fingerprint density at radius 2 is 2.03 bits per heavy atom. The zero-order valence-corrected chi connectivity index (χ0v) is 17.2. The smallest absolute Gasteiger partial charge is 0.246 e. The van der Waals surface area contributed by atoms with Gasteiger partial charge in [-0.3, -0.25) is 14.5 Å². The van der Waals surface area contributed by atoms with E-state index in [0.717, 1.165) is 49.5 Å². The van der Waals surface area contributed by atoms with Crippen molar-refractivity contribution in [1.29, 1.82) is 0 Å². The molecule has 0 saturated heterocycles. The molecule has 30 heavy (non-hydrogen) atoms. The first-order valence-electron chi connectivity index (χ1n) is 9.67. The number of halogens is 1. The summed E-state index contributed by atoms with van der Waals surface area (Å²) in [4.78, 5) is 18.3. The molecule has 0 aliphatic carbocycles. The predicted molar refractivity (Wildman–Crippen MR) is 116 cm³/mol. The summed E-state index contributed by atoms with van der Waals surface area (Å²) in [6, 6.07) is 11.3. The molecular weight excluding hydrogens is 399 g/mol. The van der Waals surface area contributed by atoms with Crippen molar-refractivity contribution in [3.63, 3.8) is 0 Å². The van der Waals surface area contributed by atoms with Crippen molar-refractivity contribution in [1.82, 2.24) is 19.7 Å². The SMILES string of the molecule is C=CC(=O)N1Cc2c(-c3ccncc3)c(-c3ccc4cc(F)sc4c3)nn2C[C@H]1C. The second-order valence-electron chi connectivity index (χ2n) is 7.41. The Balaban J connectivity index is 1.71. The summed E-state index contributed by atoms with van der Waals surface area (Å²) in [5.74, 6) is -0.0901. The monoisotopic (exact) mass is 418 g/mol. The summed E-state index contributed by atoms with van der Waals surface area (Å²) < 4.78 is 16.6. The van der Waals surface area contributed by atoms with Gasteiger partial charge in [0.05, 0.1) is 18.8 Å². The van der Waals surface area contributed by atoms with E-state index in [2.05, 4.69) is 11.6 Å². The zero-order valence-electron chi connectivity index (χ0n) is 16.4. The van der Waals surface area contributed by atoms with Crippen LogP contribution in [0.15, 0.2) is 61.4 Å². The predicted octanol–water partition coefficient (Wildman–Crippen LogP) is 4.88. The number of thiophene rings is 1. The van der Waals surface area contributed by atoms with Crippen LogP contribution in [0.2, 0.25) is 0 Å². The Hall–Kier alpha value is -3.32. The third-order valence-corrected chi connectivity index (χ3v) is 6.42. The summed E-state index contributed by atoms with van der Waals surface area (Å²) in [5, 5.41) is 5.60. The van der Waals surface area contributed by atoms with Crippen LogP contribution in [0.1, 0.15) is 12.6 Å². The van der Waals surface area contributed by atoms with Crippen LogP contribution in [0, 0.1) is 5.13 Å². The van der Waals surface area contributed by atoms with Gasteiger partial charge in [-0.2, -0.15) is 9.49 Å². The van der Waals surface area contributed by atoms with E-state index in [1.165, 1.54) is 6.08 Å². The van der Waals surface area contributed by atoms with Crippen molar-refractivity contribution >= 4 is 27.3 Å². The first kappa shape index (κ1) is 18.7. The van der Waals surface area contributed by atoms with Gasteiger partial charge < -0.3 is 4.90 Å². The van der Waals surface area contributed by atoms with Crippen LogP contribution in [0.4, 0.5) is 4.39 Å². The summed E-state index contributed by atoms with van der Waals surface area (Å²) in [6.45, 7) is 6.70. The van der Waals surface area contributed by atoms with Gasteiger partial charge in [-0.05, 0) is 48.2 Å². The average Bonchev–Trinajstić information content (AvgIpc) is 3.31. The molecule has 0 radical (unpaired) electrons. The van der Waals surface area contributed by atoms with Crippen LogP contribution >= 0.6 is 11.3 Å². The van der Waals surface area contributed by atoms with Gasteiger partial charge in [0.25, 0.3) is 0 Å². The number of aromatic nitrogens is 3. The number of carbonyl (C=O) groups excluding carboxylic acids is 1. The molecule has 0 saturated carbocycles. The standard InChI is InChI=1S/C23H19FN4OS/c1-3-21(29)27-13-18-22(15-6-8-25-9-7-15)23(26-28(18)12-14(27)2)17-5-4-16-11-20(24)30-19(16)10-17/h3-11,14H,1,12-13H2,2H3/t14-/m1/s1. The molecule has 4 heterocycles. The lowest BCUT2D eigenvalue weighted by molar-refractivity contribution is -0.129. The molecule has 7 heteroatoms. The molecule has 1 aromatic carbocycles. The molecule has 4 aromatic rings. The topological polar surface area (TPSA) is 51.0 Å². The molecule has 1 aliphatic heterocycles. The maximum absolute atomic E-state index is 13.7. The van der Waals surface area contributed by atoms with Gasteiger partial charge in [0.1, 0.15) is 5.69 Å². The third-order valence-electron chi connectivity index (χ3n) is 5.54. The molecular formula is C23H19FN4OS. The van der Waals surface area contributed by atoms with Gasteiger partial charge in [0.15, 0.2) is 5.13 Å². The lowest BCUT2D eigenvalue weighted by Crippen LogP contribution is -2.44. The Kier molecular flexibility index (Phi) is 4.47. The molecule has 1 atom stereocenters. The van der Waals surface area contributed by atoms with E-state index in [1.807, 2.05) is 46.8 Å². The quantitative estimate of drug-likeness (QED) is 0.446. The van der Waals surface area contributed by atoms with Gasteiger partial charge in [-0.15, -0.1) is 11.3 Å². The van der Waals surface area contributed by atoms with Crippen LogP contribution in [-0.2, 0) is 17.9 Å². The molecule has 0 N–H and O–H groups in total. The molecule has 0 fully saturated rings. The maximum atomic E-state index is 13.7. The van der Waals surface area contributed by atoms with Crippen LogP contribution < -0.4 is 0 Å². The number of pyridine rings is 1. The molecule has 0 spiro atoms. The number of nitrogens with zero attached hydrogens (tertiary/aromatic N) is 4. The van der Waals surface area contributed by atoms with Crippen molar-refractivity contribution in [3.05, 3.63) is 72.3 Å². The number of benzene rings is 1. The summed E-state index contributed by atoms with van der Waals surface area (Å²) in [6.07, 6.45) is 4.85. The fraction of sp³-hybridized carbons (Fsp3) is 0.174. The highest BCUT2D eigenvalue weighted by molar-refractivity contribution is 7.17. The summed E-state index contributed by atoms with van der Waals surface area (Å²) in [7, 11) is 0. The third kappa shape index (κ3) is 3.02. The van der Waals surface area contributed by atoms with Crippen molar-refractivity contribution in [2.45, 2.75) is 26.1 Å². The Bertz CT molecular complexity index is 1280. The van der Waals surface area contributed by atoms with Gasteiger partial charge >= 0.3 is 0 Å². The molecule has 3 aromatic heterocycles. The zero-order chi connectivity index (χ0) is 20.8. The molecule has 1 aliphatic rings. The molecule has 5 nitrogen and oxygen atoms in total. The largest absolute Gasteiger partial charge is 0.329 e. The Morgan fingerprint density at radius 3 is 2.80 bits per heavy atom. The first-order valence-corrected chi connectivity index (χ1v) is 10.5. The fourth-order valence-electron chi connectivity index (χ4n) is 4.06. The van der Waals surface area contributed by atoms with Crippen LogP contribution in [0.3, 0.4) is 0 Å². The van der Waals surface area contributed by atoms with E-state index in [1.54, 1.807) is 18.5 Å². The Morgan fingerprint density at radius 1 is 1.23 bits per heavy atom. The number of rotatable bonds is 3. The van der Waals surface area contributed by atoms with E-state index < -0.39 is 0 Å². The van der Waals surface area contributed by atoms with Crippen molar-refractivity contribution in [2.75, 3.05) is 0 Å². The van der Waals surface area contributed by atoms with Gasteiger partial charge in [-0.1, -0.05) is 18.7 Å². The van der Waals surface area contributed by atoms with Crippen LogP contribution in [0.25, 0.3) is 32.5 Å². The minimum Gasteiger partial charge on any atom is -0.329 e. The maximum Gasteiger partial charge on any atom is 0.246 e. The Labute approximate surface area is 177 Å². The summed E-state index contributed by atoms with van der Waals surface area (Å²) in [5.41, 5.74) is 4.68. The van der Waals surface area contributed by atoms with Crippen molar-refractivity contribution in [2.24, 2.45) is 0 Å². The number of carbonyl (C=O) groups is 1. The molecule has 0 bridgehead atoms. The second-order valence-corrected chi connectivity index (χ2v) is 8.44. The van der Waals surface area contributed by atoms with Crippen molar-refractivity contribution in [3.8, 4) is 22.4 Å². The van der Waals surface area contributed by atoms with Crippen LogP contribution in [-0.4, -0.2) is 31.6 Å². The number of hydrogen-bond donors (Lipinski definition) is 0. The average molecular weight is 418 g/mol. The number of hydrogen-bond acceptors (Lipinski definition) is 4. The van der Waals surface area contributed by atoms with E-state index in [4.69, 9.17) is 5.10 Å². The minimum absolute atomic E-state index is 0.00918. The van der Waals surface area contributed by atoms with Gasteiger partial charge in [0, 0.05) is 34.3 Å². The lowest BCUT2D eigenvalue weighted by atomic mass is 9.98. The molecule has 0 unspecified atom stereocenters. The number of fused-ring (bicyclic) bond motifs is 2.